The quantitative estimate of drug-likeness (QED) is 0.798. The Morgan fingerprint density at radius 1 is 1.45 bits per heavy atom. The first-order valence-corrected chi connectivity index (χ1v) is 8.05. The summed E-state index contributed by atoms with van der Waals surface area (Å²) < 4.78 is 1.84. The van der Waals surface area contributed by atoms with E-state index in [4.69, 9.17) is 5.73 Å². The zero-order chi connectivity index (χ0) is 14.5. The molecule has 0 aromatic carbocycles. The van der Waals surface area contributed by atoms with Crippen LogP contribution in [0.4, 0.5) is 0 Å². The molecule has 0 radical (unpaired) electrons. The lowest BCUT2D eigenvalue weighted by molar-refractivity contribution is -0.121. The van der Waals surface area contributed by atoms with Gasteiger partial charge in [-0.15, -0.1) is 10.2 Å². The molecule has 20 heavy (non-hydrogen) atoms. The lowest BCUT2D eigenvalue weighted by Crippen LogP contribution is -2.40. The zero-order valence-corrected chi connectivity index (χ0v) is 12.9. The summed E-state index contributed by atoms with van der Waals surface area (Å²) in [6, 6.07) is 0.346. The van der Waals surface area contributed by atoms with E-state index in [1.807, 2.05) is 18.5 Å². The highest BCUT2D eigenvalue weighted by atomic mass is 32.2. The third kappa shape index (κ3) is 3.73. The van der Waals surface area contributed by atoms with Crippen LogP contribution in [0, 0.1) is 0 Å². The van der Waals surface area contributed by atoms with Gasteiger partial charge < -0.3 is 15.6 Å². The van der Waals surface area contributed by atoms with Crippen molar-refractivity contribution in [1.29, 1.82) is 0 Å². The molecule has 6 nitrogen and oxygen atoms in total. The third-order valence-electron chi connectivity index (χ3n) is 3.71. The number of aromatic nitrogens is 3. The first-order valence-electron chi connectivity index (χ1n) is 7.17. The second-order valence-electron chi connectivity index (χ2n) is 5.27. The fraction of sp³-hybridized carbons (Fsp3) is 0.769. The van der Waals surface area contributed by atoms with Crippen molar-refractivity contribution in [3.05, 3.63) is 5.82 Å². The molecule has 0 aliphatic heterocycles. The van der Waals surface area contributed by atoms with Gasteiger partial charge in [-0.05, 0) is 19.8 Å². The molecule has 2 rings (SSSR count). The first-order chi connectivity index (χ1) is 9.61. The number of nitrogens with zero attached hydrogens (tertiary/aromatic N) is 3. The van der Waals surface area contributed by atoms with Crippen LogP contribution >= 0.6 is 11.8 Å². The Balaban J connectivity index is 1.88. The summed E-state index contributed by atoms with van der Waals surface area (Å²) in [7, 11) is 1.87. The molecule has 1 aromatic rings. The van der Waals surface area contributed by atoms with Crippen LogP contribution in [0.25, 0.3) is 0 Å². The van der Waals surface area contributed by atoms with Gasteiger partial charge in [0, 0.05) is 13.1 Å². The third-order valence-corrected chi connectivity index (χ3v) is 4.84. The molecule has 1 aliphatic carbocycles. The van der Waals surface area contributed by atoms with E-state index in [0.29, 0.717) is 12.6 Å². The standard InChI is InChI=1S/C13H23N5OS/c1-9(12(19)15-10-6-4-3-5-7-10)20-13-17-16-11(8-14)18(13)2/h9-10H,3-8,14H2,1-2H3,(H,15,19). The predicted octanol–water partition coefficient (Wildman–Crippen LogP) is 1.20. The summed E-state index contributed by atoms with van der Waals surface area (Å²) in [6.07, 6.45) is 5.93. The van der Waals surface area contributed by atoms with Crippen LogP contribution < -0.4 is 11.1 Å². The fourth-order valence-corrected chi connectivity index (χ4v) is 3.25. The second kappa shape index (κ2) is 7.08. The minimum atomic E-state index is -0.176. The molecule has 0 saturated heterocycles. The van der Waals surface area contributed by atoms with E-state index in [1.165, 1.54) is 31.0 Å². The van der Waals surface area contributed by atoms with Crippen molar-refractivity contribution >= 4 is 17.7 Å². The number of amides is 1. The molecule has 1 atom stereocenters. The molecule has 1 saturated carbocycles. The average molecular weight is 297 g/mol. The Morgan fingerprint density at radius 3 is 2.75 bits per heavy atom. The lowest BCUT2D eigenvalue weighted by atomic mass is 9.95. The van der Waals surface area contributed by atoms with Crippen molar-refractivity contribution in [3.8, 4) is 0 Å². The maximum atomic E-state index is 12.2. The van der Waals surface area contributed by atoms with Crippen LogP contribution in [0.15, 0.2) is 5.16 Å². The summed E-state index contributed by atoms with van der Waals surface area (Å²) in [6.45, 7) is 2.26. The lowest BCUT2D eigenvalue weighted by Gasteiger charge is -2.24. The molecular weight excluding hydrogens is 274 g/mol. The van der Waals surface area contributed by atoms with Crippen LogP contribution in [0.3, 0.4) is 0 Å². The summed E-state index contributed by atoms with van der Waals surface area (Å²) in [4.78, 5) is 12.2. The Labute approximate surface area is 123 Å². The average Bonchev–Trinajstić information content (AvgIpc) is 2.80. The molecular formula is C13H23N5OS. The number of hydrogen-bond donors (Lipinski definition) is 2. The molecule has 7 heteroatoms. The fourth-order valence-electron chi connectivity index (χ4n) is 2.40. The molecule has 1 aromatic heterocycles. The van der Waals surface area contributed by atoms with E-state index < -0.39 is 0 Å². The van der Waals surface area contributed by atoms with Crippen LogP contribution in [-0.2, 0) is 18.4 Å². The van der Waals surface area contributed by atoms with Crippen LogP contribution in [-0.4, -0.2) is 32.0 Å². The van der Waals surface area contributed by atoms with Gasteiger partial charge in [-0.25, -0.2) is 0 Å². The number of hydrogen-bond acceptors (Lipinski definition) is 5. The normalized spacial score (nSPS) is 17.9. The summed E-state index contributed by atoms with van der Waals surface area (Å²) in [5.41, 5.74) is 5.57. The summed E-state index contributed by atoms with van der Waals surface area (Å²) in [5.74, 6) is 0.812. The summed E-state index contributed by atoms with van der Waals surface area (Å²) in [5, 5.41) is 11.8. The number of nitrogens with one attached hydrogen (secondary N) is 1. The van der Waals surface area contributed by atoms with Crippen LogP contribution in [0.5, 0.6) is 0 Å². The summed E-state index contributed by atoms with van der Waals surface area (Å²) >= 11 is 1.42. The predicted molar refractivity (Wildman–Crippen MR) is 79.2 cm³/mol. The molecule has 112 valence electrons. The molecule has 1 unspecified atom stereocenters. The minimum Gasteiger partial charge on any atom is -0.352 e. The number of carbonyl (C=O) groups is 1. The molecule has 1 heterocycles. The highest BCUT2D eigenvalue weighted by Crippen LogP contribution is 2.23. The first kappa shape index (κ1) is 15.3. The largest absolute Gasteiger partial charge is 0.352 e. The Morgan fingerprint density at radius 2 is 2.15 bits per heavy atom. The Hall–Kier alpha value is -1.08. The number of rotatable bonds is 5. The van der Waals surface area contributed by atoms with Crippen molar-refractivity contribution in [2.45, 2.75) is 62.0 Å². The van der Waals surface area contributed by atoms with Gasteiger partial charge >= 0.3 is 0 Å². The molecule has 3 N–H and O–H groups in total. The van der Waals surface area contributed by atoms with Crippen molar-refractivity contribution < 1.29 is 4.79 Å². The van der Waals surface area contributed by atoms with E-state index >= 15 is 0 Å². The van der Waals surface area contributed by atoms with Gasteiger partial charge in [0.2, 0.25) is 5.91 Å². The molecule has 1 amide bonds. The molecule has 0 bridgehead atoms. The number of nitrogens with two attached hydrogens (primary N) is 1. The second-order valence-corrected chi connectivity index (χ2v) is 6.57. The zero-order valence-electron chi connectivity index (χ0n) is 12.1. The highest BCUT2D eigenvalue weighted by molar-refractivity contribution is 8.00. The van der Waals surface area contributed by atoms with Gasteiger partial charge in [-0.1, -0.05) is 31.0 Å². The Bertz CT molecular complexity index is 456. The minimum absolute atomic E-state index is 0.0826. The van der Waals surface area contributed by atoms with Gasteiger partial charge in [0.05, 0.1) is 11.8 Å². The van der Waals surface area contributed by atoms with Crippen molar-refractivity contribution in [2.24, 2.45) is 12.8 Å². The Kier molecular flexibility index (Phi) is 5.42. The van der Waals surface area contributed by atoms with E-state index in [9.17, 15) is 4.79 Å². The maximum absolute atomic E-state index is 12.2. The molecule has 1 aliphatic rings. The van der Waals surface area contributed by atoms with E-state index in [1.54, 1.807) is 0 Å². The number of carbonyl (C=O) groups excluding carboxylic acids is 1. The molecule has 0 spiro atoms. The van der Waals surface area contributed by atoms with E-state index in [2.05, 4.69) is 15.5 Å². The highest BCUT2D eigenvalue weighted by Gasteiger charge is 2.22. The van der Waals surface area contributed by atoms with Gasteiger partial charge in [0.1, 0.15) is 5.82 Å². The monoisotopic (exact) mass is 297 g/mol. The van der Waals surface area contributed by atoms with E-state index in [-0.39, 0.29) is 11.2 Å². The van der Waals surface area contributed by atoms with Crippen LogP contribution in [0.1, 0.15) is 44.9 Å². The van der Waals surface area contributed by atoms with Gasteiger partial charge in [0.25, 0.3) is 0 Å². The van der Waals surface area contributed by atoms with Crippen molar-refractivity contribution in [1.82, 2.24) is 20.1 Å². The van der Waals surface area contributed by atoms with Gasteiger partial charge in [-0.3, -0.25) is 4.79 Å². The van der Waals surface area contributed by atoms with Crippen molar-refractivity contribution in [3.63, 3.8) is 0 Å². The molecule has 1 fully saturated rings. The van der Waals surface area contributed by atoms with Crippen LogP contribution in [0.2, 0.25) is 0 Å². The maximum Gasteiger partial charge on any atom is 0.233 e. The SMILES string of the molecule is CC(Sc1nnc(CN)n1C)C(=O)NC1CCCCC1. The van der Waals surface area contributed by atoms with Gasteiger partial charge in [0.15, 0.2) is 5.16 Å². The van der Waals surface area contributed by atoms with E-state index in [0.717, 1.165) is 23.8 Å². The number of thioether (sulfide) groups is 1. The van der Waals surface area contributed by atoms with Gasteiger partial charge in [-0.2, -0.15) is 0 Å². The topological polar surface area (TPSA) is 85.8 Å². The van der Waals surface area contributed by atoms with Crippen molar-refractivity contribution in [2.75, 3.05) is 0 Å². The smallest absolute Gasteiger partial charge is 0.233 e.